The molecular weight excluding hydrogens is 352 g/mol. The van der Waals surface area contributed by atoms with Crippen molar-refractivity contribution in [2.45, 2.75) is 58.4 Å². The number of hydrogen-bond acceptors (Lipinski definition) is 10. The van der Waals surface area contributed by atoms with E-state index in [0.29, 0.717) is 0 Å². The van der Waals surface area contributed by atoms with Crippen molar-refractivity contribution in [1.29, 1.82) is 0 Å². The molecule has 146 valence electrons. The lowest BCUT2D eigenvalue weighted by molar-refractivity contribution is -0.297. The molecule has 1 heterocycles. The Labute approximate surface area is 150 Å². The van der Waals surface area contributed by atoms with E-state index in [1.54, 1.807) is 0 Å². The lowest BCUT2D eigenvalue weighted by Gasteiger charge is -2.43. The van der Waals surface area contributed by atoms with E-state index in [1.807, 2.05) is 0 Å². The standard InChI is InChI=1S/C16H22O10/c1-6-21-16-15(25-11(5)20)14(24-10(4)19)13(23-9(3)18)12(26-16)7-22-8(2)17/h6,12-16H,1,7H2,2-5H3/t12?,13-,14?,15?,16-/m1/s1. The summed E-state index contributed by atoms with van der Waals surface area (Å²) in [5.41, 5.74) is 0. The van der Waals surface area contributed by atoms with E-state index in [2.05, 4.69) is 6.58 Å². The fourth-order valence-electron chi connectivity index (χ4n) is 2.39. The first kappa shape index (κ1) is 21.4. The summed E-state index contributed by atoms with van der Waals surface area (Å²) in [6.07, 6.45) is -4.92. The number of hydrogen-bond donors (Lipinski definition) is 0. The molecule has 0 saturated carbocycles. The van der Waals surface area contributed by atoms with Gasteiger partial charge in [-0.05, 0) is 0 Å². The zero-order valence-electron chi connectivity index (χ0n) is 15.0. The number of esters is 4. The zero-order chi connectivity index (χ0) is 19.9. The monoisotopic (exact) mass is 374 g/mol. The molecule has 10 heteroatoms. The number of carbonyl (C=O) groups excluding carboxylic acids is 4. The molecule has 0 aliphatic carbocycles. The molecule has 0 bridgehead atoms. The third-order valence-electron chi connectivity index (χ3n) is 3.18. The Morgan fingerprint density at radius 2 is 1.35 bits per heavy atom. The maximum atomic E-state index is 11.5. The van der Waals surface area contributed by atoms with Crippen LogP contribution in [0.5, 0.6) is 0 Å². The van der Waals surface area contributed by atoms with Crippen molar-refractivity contribution in [1.82, 2.24) is 0 Å². The van der Waals surface area contributed by atoms with Crippen LogP contribution >= 0.6 is 0 Å². The Kier molecular flexibility index (Phi) is 8.04. The summed E-state index contributed by atoms with van der Waals surface area (Å²) in [5, 5.41) is 0. The molecule has 0 aromatic rings. The Balaban J connectivity index is 3.24. The predicted octanol–water partition coefficient (Wildman–Crippen LogP) is 0.230. The highest BCUT2D eigenvalue weighted by atomic mass is 16.7. The quantitative estimate of drug-likeness (QED) is 0.347. The molecule has 1 fully saturated rings. The average Bonchev–Trinajstić information content (AvgIpc) is 2.50. The minimum absolute atomic E-state index is 0.311. The number of rotatable bonds is 7. The Bertz CT molecular complexity index is 557. The van der Waals surface area contributed by atoms with Crippen LogP contribution in [0.15, 0.2) is 12.8 Å². The van der Waals surface area contributed by atoms with Crippen molar-refractivity contribution >= 4 is 23.9 Å². The predicted molar refractivity (Wildman–Crippen MR) is 83.2 cm³/mol. The van der Waals surface area contributed by atoms with Gasteiger partial charge in [-0.25, -0.2) is 0 Å². The van der Waals surface area contributed by atoms with Crippen LogP contribution in [0.1, 0.15) is 27.7 Å². The van der Waals surface area contributed by atoms with E-state index in [9.17, 15) is 19.2 Å². The first-order chi connectivity index (χ1) is 12.1. The summed E-state index contributed by atoms with van der Waals surface area (Å²) in [6, 6.07) is 0. The topological polar surface area (TPSA) is 124 Å². The molecule has 0 amide bonds. The molecule has 1 aliphatic rings. The van der Waals surface area contributed by atoms with Crippen molar-refractivity contribution in [3.05, 3.63) is 12.8 Å². The van der Waals surface area contributed by atoms with Gasteiger partial charge in [0.05, 0.1) is 6.26 Å². The van der Waals surface area contributed by atoms with Gasteiger partial charge in [0.1, 0.15) is 12.7 Å². The summed E-state index contributed by atoms with van der Waals surface area (Å²) in [4.78, 5) is 45.5. The summed E-state index contributed by atoms with van der Waals surface area (Å²) < 4.78 is 31.2. The van der Waals surface area contributed by atoms with Crippen molar-refractivity contribution in [2.75, 3.05) is 6.61 Å². The maximum Gasteiger partial charge on any atom is 0.303 e. The first-order valence-electron chi connectivity index (χ1n) is 7.72. The lowest BCUT2D eigenvalue weighted by Crippen LogP contribution is -2.62. The van der Waals surface area contributed by atoms with Crippen LogP contribution in [0, 0.1) is 0 Å². The largest absolute Gasteiger partial charge is 0.469 e. The third kappa shape index (κ3) is 6.36. The fourth-order valence-corrected chi connectivity index (χ4v) is 2.39. The maximum absolute atomic E-state index is 11.5. The van der Waals surface area contributed by atoms with Gasteiger partial charge in [0, 0.05) is 27.7 Å². The van der Waals surface area contributed by atoms with E-state index in [-0.39, 0.29) is 6.61 Å². The fraction of sp³-hybridized carbons (Fsp3) is 0.625. The third-order valence-corrected chi connectivity index (χ3v) is 3.18. The molecular formula is C16H22O10. The van der Waals surface area contributed by atoms with Crippen LogP contribution in [0.25, 0.3) is 0 Å². The second kappa shape index (κ2) is 9.76. The normalized spacial score (nSPS) is 27.6. The summed E-state index contributed by atoms with van der Waals surface area (Å²) >= 11 is 0. The zero-order valence-corrected chi connectivity index (χ0v) is 15.0. The Morgan fingerprint density at radius 3 is 1.81 bits per heavy atom. The highest BCUT2D eigenvalue weighted by Crippen LogP contribution is 2.29. The molecule has 1 rings (SSSR count). The summed E-state index contributed by atoms with van der Waals surface area (Å²) in [7, 11) is 0. The molecule has 10 nitrogen and oxygen atoms in total. The highest BCUT2D eigenvalue weighted by Gasteiger charge is 2.53. The van der Waals surface area contributed by atoms with E-state index in [0.717, 1.165) is 27.0 Å². The van der Waals surface area contributed by atoms with Gasteiger partial charge in [-0.1, -0.05) is 6.58 Å². The molecule has 3 unspecified atom stereocenters. The Hall–Kier alpha value is -2.62. The van der Waals surface area contributed by atoms with Gasteiger partial charge in [0.25, 0.3) is 0 Å². The van der Waals surface area contributed by atoms with Gasteiger partial charge in [0.2, 0.25) is 12.4 Å². The molecule has 0 spiro atoms. The molecule has 0 aromatic heterocycles. The molecule has 26 heavy (non-hydrogen) atoms. The smallest absolute Gasteiger partial charge is 0.303 e. The summed E-state index contributed by atoms with van der Waals surface area (Å²) in [5.74, 6) is -2.71. The van der Waals surface area contributed by atoms with Crippen molar-refractivity contribution in [3.8, 4) is 0 Å². The molecule has 1 aliphatic heterocycles. The van der Waals surface area contributed by atoms with Gasteiger partial charge in [-0.3, -0.25) is 19.2 Å². The second-order valence-electron chi connectivity index (χ2n) is 5.37. The summed E-state index contributed by atoms with van der Waals surface area (Å²) in [6.45, 7) is 7.69. The average molecular weight is 374 g/mol. The van der Waals surface area contributed by atoms with Gasteiger partial charge < -0.3 is 28.4 Å². The van der Waals surface area contributed by atoms with Crippen LogP contribution in [0.4, 0.5) is 0 Å². The molecule has 0 radical (unpaired) electrons. The molecule has 5 atom stereocenters. The SMILES string of the molecule is C=CO[C@@H]1OC(COC(C)=O)[C@@H](OC(C)=O)C(OC(C)=O)C1OC(C)=O. The van der Waals surface area contributed by atoms with Crippen molar-refractivity contribution < 1.29 is 47.6 Å². The highest BCUT2D eigenvalue weighted by molar-refractivity contribution is 5.68. The second-order valence-corrected chi connectivity index (χ2v) is 5.37. The van der Waals surface area contributed by atoms with Gasteiger partial charge >= 0.3 is 23.9 Å². The minimum atomic E-state index is -1.25. The van der Waals surface area contributed by atoms with E-state index < -0.39 is 54.6 Å². The van der Waals surface area contributed by atoms with Crippen LogP contribution in [-0.4, -0.2) is 61.2 Å². The van der Waals surface area contributed by atoms with Gasteiger partial charge in [-0.2, -0.15) is 0 Å². The number of carbonyl (C=O) groups is 4. The lowest BCUT2D eigenvalue weighted by atomic mass is 9.98. The van der Waals surface area contributed by atoms with E-state index in [1.165, 1.54) is 6.92 Å². The van der Waals surface area contributed by atoms with Crippen LogP contribution in [0.3, 0.4) is 0 Å². The van der Waals surface area contributed by atoms with Crippen molar-refractivity contribution in [2.24, 2.45) is 0 Å². The first-order valence-corrected chi connectivity index (χ1v) is 7.72. The Morgan fingerprint density at radius 1 is 0.846 bits per heavy atom. The minimum Gasteiger partial charge on any atom is -0.469 e. The van der Waals surface area contributed by atoms with E-state index in [4.69, 9.17) is 28.4 Å². The molecule has 0 aromatic carbocycles. The van der Waals surface area contributed by atoms with Crippen LogP contribution < -0.4 is 0 Å². The van der Waals surface area contributed by atoms with Gasteiger partial charge in [-0.15, -0.1) is 0 Å². The molecule has 1 saturated heterocycles. The number of ether oxygens (including phenoxy) is 6. The van der Waals surface area contributed by atoms with Crippen LogP contribution in [-0.2, 0) is 47.6 Å². The van der Waals surface area contributed by atoms with Crippen LogP contribution in [0.2, 0.25) is 0 Å². The van der Waals surface area contributed by atoms with E-state index >= 15 is 0 Å². The molecule has 0 N–H and O–H groups in total. The van der Waals surface area contributed by atoms with Gasteiger partial charge in [0.15, 0.2) is 12.2 Å². The van der Waals surface area contributed by atoms with Crippen molar-refractivity contribution in [3.63, 3.8) is 0 Å².